The van der Waals surface area contributed by atoms with Crippen LogP contribution in [-0.2, 0) is 0 Å². The lowest BCUT2D eigenvalue weighted by molar-refractivity contribution is 0.102. The lowest BCUT2D eigenvalue weighted by atomic mass is 10.1. The van der Waals surface area contributed by atoms with Gasteiger partial charge in [-0.05, 0) is 18.2 Å². The molecule has 0 atom stereocenters. The number of nitrogens with two attached hydrogens (primary N) is 1. The number of nitrogen functional groups attached to an aromatic ring is 1. The third-order valence-electron chi connectivity index (χ3n) is 2.50. The van der Waals surface area contributed by atoms with Crippen molar-refractivity contribution in [1.82, 2.24) is 10.2 Å². The molecule has 6 nitrogen and oxygen atoms in total. The van der Waals surface area contributed by atoms with Gasteiger partial charge < -0.3 is 16.0 Å². The normalized spacial score (nSPS) is 10.1. The highest BCUT2D eigenvalue weighted by atomic mass is 16.1. The van der Waals surface area contributed by atoms with Gasteiger partial charge in [-0.15, -0.1) is 0 Å². The molecule has 6 heteroatoms. The number of nitrogens with zero attached hydrogens (tertiary/aromatic N) is 2. The predicted molar refractivity (Wildman–Crippen MR) is 71.7 cm³/mol. The molecular weight excluding hydrogens is 230 g/mol. The summed E-state index contributed by atoms with van der Waals surface area (Å²) in [6.45, 7) is 0. The molecule has 1 amide bonds. The highest BCUT2D eigenvalue weighted by molar-refractivity contribution is 6.08. The highest BCUT2D eigenvalue weighted by Crippen LogP contribution is 2.22. The molecule has 4 N–H and O–H groups in total. The number of aromatic nitrogens is 2. The second-order valence-corrected chi connectivity index (χ2v) is 4.10. The Balaban J connectivity index is 2.31. The molecule has 0 radical (unpaired) electrons. The van der Waals surface area contributed by atoms with E-state index in [9.17, 15) is 4.79 Å². The summed E-state index contributed by atoms with van der Waals surface area (Å²) < 4.78 is 0. The minimum atomic E-state index is -0.227. The van der Waals surface area contributed by atoms with Crippen molar-refractivity contribution in [2.75, 3.05) is 30.0 Å². The van der Waals surface area contributed by atoms with Crippen molar-refractivity contribution in [3.63, 3.8) is 0 Å². The SMILES string of the molecule is CN(C)c1ccc(N)cc1C(=O)Nc1ccn[nH]1. The third kappa shape index (κ3) is 2.42. The van der Waals surface area contributed by atoms with Crippen molar-refractivity contribution in [2.24, 2.45) is 0 Å². The van der Waals surface area contributed by atoms with Crippen LogP contribution in [0.3, 0.4) is 0 Å². The van der Waals surface area contributed by atoms with Crippen LogP contribution >= 0.6 is 0 Å². The fourth-order valence-electron chi connectivity index (χ4n) is 1.64. The van der Waals surface area contributed by atoms with Crippen LogP contribution in [0.4, 0.5) is 17.2 Å². The van der Waals surface area contributed by atoms with Crippen molar-refractivity contribution in [2.45, 2.75) is 0 Å². The van der Waals surface area contributed by atoms with E-state index in [4.69, 9.17) is 5.73 Å². The molecule has 94 valence electrons. The first-order valence-corrected chi connectivity index (χ1v) is 5.45. The zero-order chi connectivity index (χ0) is 13.1. The van der Waals surface area contributed by atoms with Crippen LogP contribution in [0.25, 0.3) is 0 Å². The van der Waals surface area contributed by atoms with E-state index in [1.807, 2.05) is 25.1 Å². The largest absolute Gasteiger partial charge is 0.399 e. The second kappa shape index (κ2) is 4.79. The molecule has 1 aromatic carbocycles. The van der Waals surface area contributed by atoms with Gasteiger partial charge in [0.15, 0.2) is 0 Å². The number of anilines is 3. The van der Waals surface area contributed by atoms with E-state index in [1.54, 1.807) is 24.4 Å². The summed E-state index contributed by atoms with van der Waals surface area (Å²) in [7, 11) is 3.75. The maximum atomic E-state index is 12.1. The van der Waals surface area contributed by atoms with Crippen LogP contribution in [0.2, 0.25) is 0 Å². The van der Waals surface area contributed by atoms with Crippen LogP contribution in [0, 0.1) is 0 Å². The quantitative estimate of drug-likeness (QED) is 0.711. The Bertz CT molecular complexity index is 548. The molecule has 18 heavy (non-hydrogen) atoms. The summed E-state index contributed by atoms with van der Waals surface area (Å²) in [5.74, 6) is 0.322. The first-order valence-electron chi connectivity index (χ1n) is 5.45. The molecule has 1 heterocycles. The molecule has 0 aliphatic heterocycles. The Labute approximate surface area is 105 Å². The smallest absolute Gasteiger partial charge is 0.258 e. The molecule has 2 aromatic rings. The molecule has 0 bridgehead atoms. The molecule has 0 fully saturated rings. The van der Waals surface area contributed by atoms with Crippen LogP contribution in [0.1, 0.15) is 10.4 Å². The molecule has 0 aliphatic carbocycles. The molecule has 1 aromatic heterocycles. The van der Waals surface area contributed by atoms with Crippen LogP contribution in [-0.4, -0.2) is 30.2 Å². The Kier molecular flexibility index (Phi) is 3.18. The van der Waals surface area contributed by atoms with Crippen molar-refractivity contribution in [3.05, 3.63) is 36.0 Å². The minimum Gasteiger partial charge on any atom is -0.399 e. The molecular formula is C12H15N5O. The molecule has 0 aliphatic rings. The third-order valence-corrected chi connectivity index (χ3v) is 2.50. The maximum absolute atomic E-state index is 12.1. The Morgan fingerprint density at radius 3 is 2.78 bits per heavy atom. The molecule has 2 rings (SSSR count). The number of rotatable bonds is 3. The predicted octanol–water partition coefficient (Wildman–Crippen LogP) is 1.31. The Morgan fingerprint density at radius 2 is 2.17 bits per heavy atom. The summed E-state index contributed by atoms with van der Waals surface area (Å²) in [6.07, 6.45) is 1.57. The molecule has 0 unspecified atom stereocenters. The number of amides is 1. The first kappa shape index (κ1) is 12.0. The van der Waals surface area contributed by atoms with Crippen LogP contribution < -0.4 is 16.0 Å². The number of hydrogen-bond donors (Lipinski definition) is 3. The van der Waals surface area contributed by atoms with E-state index in [2.05, 4.69) is 15.5 Å². The fraction of sp³-hybridized carbons (Fsp3) is 0.167. The van der Waals surface area contributed by atoms with Crippen molar-refractivity contribution in [1.29, 1.82) is 0 Å². The zero-order valence-electron chi connectivity index (χ0n) is 10.3. The minimum absolute atomic E-state index is 0.227. The Hall–Kier alpha value is -2.50. The van der Waals surface area contributed by atoms with E-state index in [0.717, 1.165) is 5.69 Å². The number of aromatic amines is 1. The summed E-state index contributed by atoms with van der Waals surface area (Å²) in [6, 6.07) is 6.92. The number of benzene rings is 1. The second-order valence-electron chi connectivity index (χ2n) is 4.10. The summed E-state index contributed by atoms with van der Waals surface area (Å²) in [5.41, 5.74) is 7.60. The van der Waals surface area contributed by atoms with Crippen molar-refractivity contribution >= 4 is 23.1 Å². The fourth-order valence-corrected chi connectivity index (χ4v) is 1.64. The Morgan fingerprint density at radius 1 is 1.39 bits per heavy atom. The number of hydrogen-bond acceptors (Lipinski definition) is 4. The van der Waals surface area contributed by atoms with Gasteiger partial charge >= 0.3 is 0 Å². The average molecular weight is 245 g/mol. The van der Waals surface area contributed by atoms with Crippen molar-refractivity contribution in [3.8, 4) is 0 Å². The highest BCUT2D eigenvalue weighted by Gasteiger charge is 2.13. The summed E-state index contributed by atoms with van der Waals surface area (Å²) in [5, 5.41) is 9.16. The van der Waals surface area contributed by atoms with E-state index < -0.39 is 0 Å². The van der Waals surface area contributed by atoms with Gasteiger partial charge in [-0.3, -0.25) is 9.89 Å². The van der Waals surface area contributed by atoms with Gasteiger partial charge in [-0.1, -0.05) is 0 Å². The number of H-pyrrole nitrogens is 1. The van der Waals surface area contributed by atoms with Gasteiger partial charge in [-0.2, -0.15) is 5.10 Å². The van der Waals surface area contributed by atoms with Gasteiger partial charge in [0, 0.05) is 31.5 Å². The van der Waals surface area contributed by atoms with Crippen molar-refractivity contribution < 1.29 is 4.79 Å². The van der Waals surface area contributed by atoms with Gasteiger partial charge in [0.2, 0.25) is 0 Å². The van der Waals surface area contributed by atoms with Gasteiger partial charge in [0.05, 0.1) is 11.8 Å². The van der Waals surface area contributed by atoms with E-state index in [-0.39, 0.29) is 5.91 Å². The summed E-state index contributed by atoms with van der Waals surface area (Å²) >= 11 is 0. The van der Waals surface area contributed by atoms with Crippen LogP contribution in [0.5, 0.6) is 0 Å². The standard InChI is InChI=1S/C12H15N5O/c1-17(2)10-4-3-8(13)7-9(10)12(18)15-11-5-6-14-16-11/h3-7H,13H2,1-2H3,(H2,14,15,16,18). The topological polar surface area (TPSA) is 87.0 Å². The van der Waals surface area contributed by atoms with Gasteiger partial charge in [0.1, 0.15) is 5.82 Å². The van der Waals surface area contributed by atoms with Gasteiger partial charge in [-0.25, -0.2) is 0 Å². The molecule has 0 saturated carbocycles. The monoisotopic (exact) mass is 245 g/mol. The van der Waals surface area contributed by atoms with E-state index >= 15 is 0 Å². The number of carbonyl (C=O) groups excluding carboxylic acids is 1. The lowest BCUT2D eigenvalue weighted by Crippen LogP contribution is -2.19. The number of carbonyl (C=O) groups is 1. The first-order chi connectivity index (χ1) is 8.58. The van der Waals surface area contributed by atoms with Gasteiger partial charge in [0.25, 0.3) is 5.91 Å². The summed E-state index contributed by atoms with van der Waals surface area (Å²) in [4.78, 5) is 14.0. The molecule has 0 saturated heterocycles. The van der Waals surface area contributed by atoms with E-state index in [0.29, 0.717) is 17.1 Å². The van der Waals surface area contributed by atoms with Crippen LogP contribution in [0.15, 0.2) is 30.5 Å². The molecule has 0 spiro atoms. The average Bonchev–Trinajstić information content (AvgIpc) is 2.81. The van der Waals surface area contributed by atoms with E-state index in [1.165, 1.54) is 0 Å². The number of nitrogens with one attached hydrogen (secondary N) is 2. The maximum Gasteiger partial charge on any atom is 0.258 e. The lowest BCUT2D eigenvalue weighted by Gasteiger charge is -2.17. The zero-order valence-corrected chi connectivity index (χ0v) is 10.3.